The molecule has 6 heteroatoms. The third-order valence-electron chi connectivity index (χ3n) is 4.53. The van der Waals surface area contributed by atoms with Crippen LogP contribution in [-0.4, -0.2) is 51.9 Å². The molecular formula is C19H20N4OS. The van der Waals surface area contributed by atoms with E-state index in [1.165, 1.54) is 15.0 Å². The number of rotatable bonds is 4. The van der Waals surface area contributed by atoms with Crippen molar-refractivity contribution in [2.45, 2.75) is 13.0 Å². The Morgan fingerprint density at radius 3 is 2.72 bits per heavy atom. The molecule has 1 aliphatic rings. The Labute approximate surface area is 150 Å². The van der Waals surface area contributed by atoms with Gasteiger partial charge in [0.25, 0.3) is 0 Å². The zero-order chi connectivity index (χ0) is 17.1. The maximum atomic E-state index is 12.4. The zero-order valence-electron chi connectivity index (χ0n) is 14.0. The number of carbonyl (C=O) groups is 1. The van der Waals surface area contributed by atoms with Gasteiger partial charge in [-0.1, -0.05) is 18.2 Å². The molecule has 1 aromatic carbocycles. The summed E-state index contributed by atoms with van der Waals surface area (Å²) in [5.74, 6) is 0.141. The number of hydrogen-bond acceptors (Lipinski definition) is 5. The molecule has 1 amide bonds. The molecule has 0 spiro atoms. The summed E-state index contributed by atoms with van der Waals surface area (Å²) in [6, 6.07) is 10.8. The third-order valence-corrected chi connectivity index (χ3v) is 5.63. The average molecular weight is 352 g/mol. The number of benzene rings is 1. The van der Waals surface area contributed by atoms with Crippen LogP contribution in [0.15, 0.2) is 48.9 Å². The number of piperazine rings is 1. The van der Waals surface area contributed by atoms with Gasteiger partial charge in [0.15, 0.2) is 0 Å². The monoisotopic (exact) mass is 352 g/mol. The lowest BCUT2D eigenvalue weighted by molar-refractivity contribution is -0.132. The van der Waals surface area contributed by atoms with Crippen molar-refractivity contribution < 1.29 is 4.79 Å². The van der Waals surface area contributed by atoms with Crippen molar-refractivity contribution in [3.05, 3.63) is 59.5 Å². The molecule has 0 radical (unpaired) electrons. The van der Waals surface area contributed by atoms with E-state index in [2.05, 4.69) is 45.2 Å². The van der Waals surface area contributed by atoms with Crippen LogP contribution in [0.1, 0.15) is 10.6 Å². The first-order valence-corrected chi connectivity index (χ1v) is 9.32. The lowest BCUT2D eigenvalue weighted by Gasteiger charge is -2.34. The van der Waals surface area contributed by atoms with Gasteiger partial charge in [0.1, 0.15) is 0 Å². The maximum absolute atomic E-state index is 12.4. The van der Waals surface area contributed by atoms with Gasteiger partial charge >= 0.3 is 0 Å². The van der Waals surface area contributed by atoms with Gasteiger partial charge in [0.05, 0.1) is 12.1 Å². The summed E-state index contributed by atoms with van der Waals surface area (Å²) in [4.78, 5) is 26.4. The van der Waals surface area contributed by atoms with Gasteiger partial charge in [0.2, 0.25) is 5.91 Å². The van der Waals surface area contributed by atoms with Gasteiger partial charge in [0, 0.05) is 60.9 Å². The zero-order valence-corrected chi connectivity index (χ0v) is 14.8. The molecule has 2 aromatic heterocycles. The maximum Gasteiger partial charge on any atom is 0.228 e. The third kappa shape index (κ3) is 3.86. The Balaban J connectivity index is 1.31. The fourth-order valence-corrected chi connectivity index (χ4v) is 4.29. The summed E-state index contributed by atoms with van der Waals surface area (Å²) in [5, 5.41) is 1.32. The molecule has 5 nitrogen and oxygen atoms in total. The summed E-state index contributed by atoms with van der Waals surface area (Å²) < 4.78 is 1.34. The topological polar surface area (TPSA) is 49.3 Å². The molecule has 0 bridgehead atoms. The molecule has 3 aromatic rings. The molecule has 0 N–H and O–H groups in total. The number of fused-ring (bicyclic) bond motifs is 1. The molecule has 128 valence electrons. The quantitative estimate of drug-likeness (QED) is 0.724. The van der Waals surface area contributed by atoms with Gasteiger partial charge in [-0.3, -0.25) is 19.7 Å². The van der Waals surface area contributed by atoms with Crippen LogP contribution in [-0.2, 0) is 17.8 Å². The standard InChI is InChI=1S/C19H20N4OS/c24-19(12-16-13-20-5-6-21-16)23-9-7-22(8-10-23)14-17-11-15-3-1-2-4-18(15)25-17/h1-6,11,13H,7-10,12,14H2. The van der Waals surface area contributed by atoms with Crippen molar-refractivity contribution in [3.63, 3.8) is 0 Å². The highest BCUT2D eigenvalue weighted by atomic mass is 32.1. The van der Waals surface area contributed by atoms with E-state index in [9.17, 15) is 4.79 Å². The minimum Gasteiger partial charge on any atom is -0.340 e. The van der Waals surface area contributed by atoms with Crippen LogP contribution in [0.2, 0.25) is 0 Å². The van der Waals surface area contributed by atoms with E-state index in [-0.39, 0.29) is 5.91 Å². The average Bonchev–Trinajstić information content (AvgIpc) is 3.05. The molecule has 3 heterocycles. The molecule has 0 unspecified atom stereocenters. The van der Waals surface area contributed by atoms with Crippen LogP contribution >= 0.6 is 11.3 Å². The summed E-state index contributed by atoms with van der Waals surface area (Å²) in [5.41, 5.74) is 0.736. The highest BCUT2D eigenvalue weighted by molar-refractivity contribution is 7.19. The van der Waals surface area contributed by atoms with Gasteiger partial charge < -0.3 is 4.90 Å². The second-order valence-electron chi connectivity index (χ2n) is 6.28. The summed E-state index contributed by atoms with van der Waals surface area (Å²) in [6.07, 6.45) is 5.26. The summed E-state index contributed by atoms with van der Waals surface area (Å²) in [6.45, 7) is 4.36. The van der Waals surface area contributed by atoms with Crippen molar-refractivity contribution in [1.82, 2.24) is 19.8 Å². The minimum absolute atomic E-state index is 0.141. The number of hydrogen-bond donors (Lipinski definition) is 0. The Morgan fingerprint density at radius 1 is 1.12 bits per heavy atom. The van der Waals surface area contributed by atoms with Crippen LogP contribution in [0.4, 0.5) is 0 Å². The van der Waals surface area contributed by atoms with Crippen LogP contribution < -0.4 is 0 Å². The molecule has 0 atom stereocenters. The molecular weight excluding hydrogens is 332 g/mol. The lowest BCUT2D eigenvalue weighted by atomic mass is 10.2. The summed E-state index contributed by atoms with van der Waals surface area (Å²) in [7, 11) is 0. The predicted octanol–water partition coefficient (Wildman–Crippen LogP) is 2.58. The Hall–Kier alpha value is -2.31. The highest BCUT2D eigenvalue weighted by Gasteiger charge is 2.22. The van der Waals surface area contributed by atoms with E-state index in [1.807, 2.05) is 16.2 Å². The summed E-state index contributed by atoms with van der Waals surface area (Å²) >= 11 is 1.86. The minimum atomic E-state index is 0.141. The predicted molar refractivity (Wildman–Crippen MR) is 99.4 cm³/mol. The molecule has 1 aliphatic heterocycles. The molecule has 25 heavy (non-hydrogen) atoms. The first-order valence-electron chi connectivity index (χ1n) is 8.50. The van der Waals surface area contributed by atoms with E-state index < -0.39 is 0 Å². The number of thiophene rings is 1. The number of carbonyl (C=O) groups excluding carboxylic acids is 1. The van der Waals surface area contributed by atoms with Crippen LogP contribution in [0.25, 0.3) is 10.1 Å². The fraction of sp³-hybridized carbons (Fsp3) is 0.316. The Bertz CT molecular complexity index is 823. The molecule has 0 saturated carbocycles. The van der Waals surface area contributed by atoms with Crippen molar-refractivity contribution >= 4 is 27.3 Å². The molecule has 4 rings (SSSR count). The van der Waals surface area contributed by atoms with E-state index in [0.717, 1.165) is 38.4 Å². The van der Waals surface area contributed by atoms with Gasteiger partial charge in [-0.05, 0) is 17.5 Å². The fourth-order valence-electron chi connectivity index (χ4n) is 3.18. The lowest BCUT2D eigenvalue weighted by Crippen LogP contribution is -2.48. The van der Waals surface area contributed by atoms with Crippen LogP contribution in [0.3, 0.4) is 0 Å². The van der Waals surface area contributed by atoms with E-state index in [4.69, 9.17) is 0 Å². The normalized spacial score (nSPS) is 15.6. The van der Waals surface area contributed by atoms with E-state index in [0.29, 0.717) is 6.42 Å². The first-order chi connectivity index (χ1) is 12.3. The van der Waals surface area contributed by atoms with Gasteiger partial charge in [-0.15, -0.1) is 11.3 Å². The van der Waals surface area contributed by atoms with Crippen LogP contribution in [0.5, 0.6) is 0 Å². The highest BCUT2D eigenvalue weighted by Crippen LogP contribution is 2.26. The second kappa shape index (κ2) is 7.29. The largest absolute Gasteiger partial charge is 0.340 e. The SMILES string of the molecule is O=C(Cc1cnccn1)N1CCN(Cc2cc3ccccc3s2)CC1. The molecule has 1 fully saturated rings. The van der Waals surface area contributed by atoms with Gasteiger partial charge in [-0.2, -0.15) is 0 Å². The van der Waals surface area contributed by atoms with E-state index >= 15 is 0 Å². The van der Waals surface area contributed by atoms with Crippen molar-refractivity contribution in [2.24, 2.45) is 0 Å². The number of aromatic nitrogens is 2. The molecule has 0 aliphatic carbocycles. The van der Waals surface area contributed by atoms with Crippen molar-refractivity contribution in [1.29, 1.82) is 0 Å². The first kappa shape index (κ1) is 16.2. The van der Waals surface area contributed by atoms with Gasteiger partial charge in [-0.25, -0.2) is 0 Å². The van der Waals surface area contributed by atoms with Crippen LogP contribution in [0, 0.1) is 0 Å². The Morgan fingerprint density at radius 2 is 1.96 bits per heavy atom. The Kier molecular flexibility index (Phi) is 4.72. The van der Waals surface area contributed by atoms with E-state index in [1.54, 1.807) is 18.6 Å². The van der Waals surface area contributed by atoms with Crippen molar-refractivity contribution in [2.75, 3.05) is 26.2 Å². The number of amides is 1. The van der Waals surface area contributed by atoms with Crippen molar-refractivity contribution in [3.8, 4) is 0 Å². The second-order valence-corrected chi connectivity index (χ2v) is 7.45. The smallest absolute Gasteiger partial charge is 0.228 e. The molecule has 1 saturated heterocycles. The number of nitrogens with zero attached hydrogens (tertiary/aromatic N) is 4.